The molecule has 7 nitrogen and oxygen atoms in total. The number of nitrogens with zero attached hydrogens (tertiary/aromatic N) is 3. The predicted octanol–water partition coefficient (Wildman–Crippen LogP) is 2.43. The number of hydrogen-bond donors (Lipinski definition) is 3. The van der Waals surface area contributed by atoms with Crippen molar-refractivity contribution in [3.63, 3.8) is 0 Å². The number of nitrogen functional groups attached to an aromatic ring is 1. The average molecular weight is 322 g/mol. The van der Waals surface area contributed by atoms with Gasteiger partial charge in [0.1, 0.15) is 23.9 Å². The first-order chi connectivity index (χ1) is 11.7. The summed E-state index contributed by atoms with van der Waals surface area (Å²) in [6, 6.07) is 3.97. The molecule has 0 unspecified atom stereocenters. The summed E-state index contributed by atoms with van der Waals surface area (Å²) >= 11 is 0. The molecule has 0 aliphatic carbocycles. The topological polar surface area (TPSA) is 98.0 Å². The van der Waals surface area contributed by atoms with E-state index in [4.69, 9.17) is 10.5 Å². The summed E-state index contributed by atoms with van der Waals surface area (Å²) in [5.74, 6) is 1.88. The van der Waals surface area contributed by atoms with Crippen molar-refractivity contribution >= 4 is 28.1 Å². The molecule has 0 bridgehead atoms. The summed E-state index contributed by atoms with van der Waals surface area (Å²) in [4.78, 5) is 13.2. The van der Waals surface area contributed by atoms with E-state index in [0.29, 0.717) is 18.3 Å². The van der Waals surface area contributed by atoms with Gasteiger partial charge < -0.3 is 21.1 Å². The zero-order valence-electron chi connectivity index (χ0n) is 13.6. The normalized spacial score (nSPS) is 13.1. The Morgan fingerprint density at radius 2 is 2.12 bits per heavy atom. The Kier molecular flexibility index (Phi) is 3.34. The van der Waals surface area contributed by atoms with E-state index in [9.17, 15) is 0 Å². The Hall–Kier alpha value is -3.09. The fourth-order valence-corrected chi connectivity index (χ4v) is 2.93. The number of anilines is 3. The molecule has 1 aliphatic rings. The number of hydrogen-bond acceptors (Lipinski definition) is 7. The van der Waals surface area contributed by atoms with Crippen LogP contribution in [0.2, 0.25) is 0 Å². The summed E-state index contributed by atoms with van der Waals surface area (Å²) in [5.41, 5.74) is 9.83. The highest BCUT2D eigenvalue weighted by Crippen LogP contribution is 2.36. The molecule has 0 amide bonds. The third-order valence-electron chi connectivity index (χ3n) is 4.22. The molecular weight excluding hydrogens is 304 g/mol. The van der Waals surface area contributed by atoms with Crippen molar-refractivity contribution in [2.45, 2.75) is 6.92 Å². The Morgan fingerprint density at radius 1 is 1.25 bits per heavy atom. The molecule has 7 heteroatoms. The van der Waals surface area contributed by atoms with Crippen LogP contribution in [0.1, 0.15) is 5.56 Å². The first-order valence-electron chi connectivity index (χ1n) is 7.78. The van der Waals surface area contributed by atoms with Gasteiger partial charge in [-0.05, 0) is 30.0 Å². The molecule has 122 valence electrons. The zero-order chi connectivity index (χ0) is 16.7. The fraction of sp³-hybridized carbons (Fsp3) is 0.235. The van der Waals surface area contributed by atoms with Gasteiger partial charge in [0.25, 0.3) is 0 Å². The van der Waals surface area contributed by atoms with Crippen molar-refractivity contribution in [2.24, 2.45) is 0 Å². The first kappa shape index (κ1) is 14.5. The number of pyridine rings is 3. The number of aromatic nitrogens is 3. The SMILES string of the molecule is CNc1cc2cc(-c3cnc4c(c3C)NCCO4)nc(N)c2cn1. The van der Waals surface area contributed by atoms with Crippen molar-refractivity contribution in [3.05, 3.63) is 30.1 Å². The van der Waals surface area contributed by atoms with Crippen molar-refractivity contribution in [2.75, 3.05) is 36.6 Å². The van der Waals surface area contributed by atoms with E-state index in [0.717, 1.165) is 45.6 Å². The Morgan fingerprint density at radius 3 is 2.96 bits per heavy atom. The van der Waals surface area contributed by atoms with Crippen LogP contribution in [0.25, 0.3) is 22.0 Å². The zero-order valence-corrected chi connectivity index (χ0v) is 13.6. The van der Waals surface area contributed by atoms with E-state index in [1.54, 1.807) is 12.4 Å². The third kappa shape index (κ3) is 2.25. The van der Waals surface area contributed by atoms with Crippen molar-refractivity contribution in [1.82, 2.24) is 15.0 Å². The van der Waals surface area contributed by atoms with Crippen molar-refractivity contribution in [3.8, 4) is 17.1 Å². The number of ether oxygens (including phenoxy) is 1. The standard InChI is InChI=1S/C17H18N6O/c1-9-11(7-22-17-15(9)20-3-4-24-17)13-5-10-6-14(19-2)21-8-12(10)16(18)23-13/h5-8,20H,3-4H2,1-2H3,(H2,18,23)(H,19,21). The Labute approximate surface area is 139 Å². The molecule has 0 saturated carbocycles. The highest BCUT2D eigenvalue weighted by atomic mass is 16.5. The first-order valence-corrected chi connectivity index (χ1v) is 7.78. The summed E-state index contributed by atoms with van der Waals surface area (Å²) in [7, 11) is 1.84. The van der Waals surface area contributed by atoms with Gasteiger partial charge in [-0.25, -0.2) is 15.0 Å². The molecule has 0 aromatic carbocycles. The van der Waals surface area contributed by atoms with Gasteiger partial charge in [-0.3, -0.25) is 0 Å². The number of nitrogens with one attached hydrogen (secondary N) is 2. The van der Waals surface area contributed by atoms with Crippen LogP contribution in [0.4, 0.5) is 17.3 Å². The molecule has 0 fully saturated rings. The van der Waals surface area contributed by atoms with Gasteiger partial charge in [-0.1, -0.05) is 0 Å². The smallest absolute Gasteiger partial charge is 0.237 e. The second kappa shape index (κ2) is 5.52. The molecule has 1 aliphatic heterocycles. The van der Waals surface area contributed by atoms with Gasteiger partial charge in [-0.2, -0.15) is 0 Å². The molecule has 3 aromatic rings. The lowest BCUT2D eigenvalue weighted by Crippen LogP contribution is -2.20. The van der Waals surface area contributed by atoms with Crippen LogP contribution in [-0.2, 0) is 0 Å². The molecule has 0 spiro atoms. The highest BCUT2D eigenvalue weighted by molar-refractivity contribution is 5.95. The molecule has 24 heavy (non-hydrogen) atoms. The van der Waals surface area contributed by atoms with Gasteiger partial charge in [0.2, 0.25) is 5.88 Å². The third-order valence-corrected chi connectivity index (χ3v) is 4.22. The molecule has 4 heterocycles. The van der Waals surface area contributed by atoms with Crippen LogP contribution in [0.5, 0.6) is 5.88 Å². The number of nitrogens with two attached hydrogens (primary N) is 1. The highest BCUT2D eigenvalue weighted by Gasteiger charge is 2.18. The predicted molar refractivity (Wildman–Crippen MR) is 95.4 cm³/mol. The summed E-state index contributed by atoms with van der Waals surface area (Å²) in [6.45, 7) is 3.42. The quantitative estimate of drug-likeness (QED) is 0.666. The van der Waals surface area contributed by atoms with Gasteiger partial charge in [0.05, 0.1) is 5.69 Å². The molecule has 0 atom stereocenters. The van der Waals surface area contributed by atoms with E-state index >= 15 is 0 Å². The second-order valence-corrected chi connectivity index (χ2v) is 5.69. The van der Waals surface area contributed by atoms with Gasteiger partial charge in [0, 0.05) is 36.9 Å². The lowest BCUT2D eigenvalue weighted by molar-refractivity contribution is 0.310. The van der Waals surface area contributed by atoms with E-state index in [-0.39, 0.29) is 0 Å². The molecule has 4 rings (SSSR count). The second-order valence-electron chi connectivity index (χ2n) is 5.69. The number of fused-ring (bicyclic) bond motifs is 2. The largest absolute Gasteiger partial charge is 0.474 e. The van der Waals surface area contributed by atoms with Crippen LogP contribution in [0, 0.1) is 6.92 Å². The van der Waals surface area contributed by atoms with Crippen molar-refractivity contribution in [1.29, 1.82) is 0 Å². The maximum absolute atomic E-state index is 6.14. The molecule has 0 radical (unpaired) electrons. The van der Waals surface area contributed by atoms with Gasteiger partial charge >= 0.3 is 0 Å². The summed E-state index contributed by atoms with van der Waals surface area (Å²) in [6.07, 6.45) is 3.52. The molecule has 0 saturated heterocycles. The average Bonchev–Trinajstić information content (AvgIpc) is 2.61. The monoisotopic (exact) mass is 322 g/mol. The van der Waals surface area contributed by atoms with Gasteiger partial charge in [0.15, 0.2) is 0 Å². The minimum atomic E-state index is 0.457. The summed E-state index contributed by atoms with van der Waals surface area (Å²) < 4.78 is 5.58. The Bertz CT molecular complexity index is 940. The van der Waals surface area contributed by atoms with Crippen molar-refractivity contribution < 1.29 is 4.74 Å². The molecular formula is C17H18N6O. The number of rotatable bonds is 2. The molecule has 4 N–H and O–H groups in total. The van der Waals surface area contributed by atoms with E-state index in [1.165, 1.54) is 0 Å². The van der Waals surface area contributed by atoms with Crippen LogP contribution in [-0.4, -0.2) is 35.2 Å². The van der Waals surface area contributed by atoms with E-state index in [1.807, 2.05) is 26.1 Å². The minimum Gasteiger partial charge on any atom is -0.474 e. The van der Waals surface area contributed by atoms with Crippen LogP contribution in [0.3, 0.4) is 0 Å². The maximum atomic E-state index is 6.14. The van der Waals surface area contributed by atoms with Crippen LogP contribution >= 0.6 is 0 Å². The fourth-order valence-electron chi connectivity index (χ4n) is 2.93. The van der Waals surface area contributed by atoms with Gasteiger partial charge in [-0.15, -0.1) is 0 Å². The lowest BCUT2D eigenvalue weighted by atomic mass is 10.0. The minimum absolute atomic E-state index is 0.457. The maximum Gasteiger partial charge on any atom is 0.237 e. The van der Waals surface area contributed by atoms with E-state index < -0.39 is 0 Å². The van der Waals surface area contributed by atoms with E-state index in [2.05, 4.69) is 25.6 Å². The molecule has 3 aromatic heterocycles. The lowest BCUT2D eigenvalue weighted by Gasteiger charge is -2.21. The van der Waals surface area contributed by atoms with Crippen LogP contribution < -0.4 is 21.1 Å². The van der Waals surface area contributed by atoms with Crippen LogP contribution in [0.15, 0.2) is 24.5 Å². The summed E-state index contributed by atoms with van der Waals surface area (Å²) in [5, 5.41) is 8.20. The Balaban J connectivity index is 1.90.